The van der Waals surface area contributed by atoms with Crippen LogP contribution in [-0.2, 0) is 0 Å². The van der Waals surface area contributed by atoms with E-state index in [1.54, 1.807) is 12.1 Å². The molecule has 0 aliphatic carbocycles. The summed E-state index contributed by atoms with van der Waals surface area (Å²) < 4.78 is 0. The number of nitro groups is 1. The Morgan fingerprint density at radius 1 is 1.33 bits per heavy atom. The van der Waals surface area contributed by atoms with Crippen molar-refractivity contribution in [3.8, 4) is 0 Å². The minimum atomic E-state index is -0.409. The Kier molecular flexibility index (Phi) is 3.39. The van der Waals surface area contributed by atoms with Crippen molar-refractivity contribution in [3.63, 3.8) is 0 Å². The number of non-ortho nitro benzene ring substituents is 1. The van der Waals surface area contributed by atoms with Crippen LogP contribution in [0.5, 0.6) is 0 Å². The largest absolute Gasteiger partial charge is 0.269 e. The van der Waals surface area contributed by atoms with Crippen LogP contribution in [0.1, 0.15) is 19.4 Å². The van der Waals surface area contributed by atoms with E-state index >= 15 is 0 Å². The highest BCUT2D eigenvalue weighted by atomic mass is 16.6. The van der Waals surface area contributed by atoms with Crippen molar-refractivity contribution in [1.29, 1.82) is 0 Å². The minimum absolute atomic E-state index is 0.101. The molecule has 0 radical (unpaired) electrons. The molecule has 78 valence electrons. The Balaban J connectivity index is 2.94. The topological polar surface area (TPSA) is 43.1 Å². The molecule has 0 spiro atoms. The van der Waals surface area contributed by atoms with Crippen molar-refractivity contribution in [3.05, 3.63) is 58.2 Å². The third kappa shape index (κ3) is 3.06. The van der Waals surface area contributed by atoms with E-state index < -0.39 is 4.92 Å². The third-order valence-corrected chi connectivity index (χ3v) is 1.91. The van der Waals surface area contributed by atoms with E-state index in [0.717, 1.165) is 16.7 Å². The Labute approximate surface area is 88.9 Å². The van der Waals surface area contributed by atoms with Gasteiger partial charge in [0.1, 0.15) is 0 Å². The average Bonchev–Trinajstić information content (AvgIpc) is 2.17. The standard InChI is InChI=1S/C12H13NO2/c1-9(2)8-10(3)11-4-6-12(7-5-11)13(14)15/h4-8H,3H2,1-2H3. The van der Waals surface area contributed by atoms with Crippen LogP contribution in [0.15, 0.2) is 42.5 Å². The summed E-state index contributed by atoms with van der Waals surface area (Å²) in [5.41, 5.74) is 3.02. The first-order valence-electron chi connectivity index (χ1n) is 4.59. The number of nitrogens with zero attached hydrogens (tertiary/aromatic N) is 1. The second-order valence-electron chi connectivity index (χ2n) is 3.55. The molecule has 0 bridgehead atoms. The van der Waals surface area contributed by atoms with Gasteiger partial charge in [-0.2, -0.15) is 0 Å². The first kappa shape index (κ1) is 11.2. The van der Waals surface area contributed by atoms with Crippen molar-refractivity contribution in [2.24, 2.45) is 0 Å². The molecule has 0 N–H and O–H groups in total. The lowest BCUT2D eigenvalue weighted by Gasteiger charge is -2.00. The number of rotatable bonds is 3. The van der Waals surface area contributed by atoms with Crippen LogP contribution in [0.4, 0.5) is 5.69 Å². The maximum atomic E-state index is 10.4. The molecule has 0 heterocycles. The molecule has 1 rings (SSSR count). The molecule has 0 aromatic heterocycles. The summed E-state index contributed by atoms with van der Waals surface area (Å²) in [6.45, 7) is 7.86. The second kappa shape index (κ2) is 4.55. The number of hydrogen-bond donors (Lipinski definition) is 0. The molecular formula is C12H13NO2. The lowest BCUT2D eigenvalue weighted by molar-refractivity contribution is -0.384. The zero-order valence-electron chi connectivity index (χ0n) is 8.86. The predicted molar refractivity (Wildman–Crippen MR) is 61.6 cm³/mol. The monoisotopic (exact) mass is 203 g/mol. The SMILES string of the molecule is C=C(C=C(C)C)c1ccc([N+](=O)[O-])cc1. The molecule has 0 saturated carbocycles. The van der Waals surface area contributed by atoms with Crippen LogP contribution < -0.4 is 0 Å². The van der Waals surface area contributed by atoms with Crippen molar-refractivity contribution in [2.75, 3.05) is 0 Å². The lowest BCUT2D eigenvalue weighted by atomic mass is 10.1. The third-order valence-electron chi connectivity index (χ3n) is 1.91. The molecule has 0 aliphatic rings. The summed E-state index contributed by atoms with van der Waals surface area (Å²) in [5.74, 6) is 0. The van der Waals surface area contributed by atoms with Gasteiger partial charge in [-0.1, -0.05) is 18.2 Å². The summed E-state index contributed by atoms with van der Waals surface area (Å²) in [5, 5.41) is 10.4. The summed E-state index contributed by atoms with van der Waals surface area (Å²) >= 11 is 0. The molecule has 0 amide bonds. The van der Waals surface area contributed by atoms with E-state index in [-0.39, 0.29) is 5.69 Å². The second-order valence-corrected chi connectivity index (χ2v) is 3.55. The van der Waals surface area contributed by atoms with Gasteiger partial charge in [0.25, 0.3) is 5.69 Å². The van der Waals surface area contributed by atoms with Gasteiger partial charge in [-0.15, -0.1) is 0 Å². The van der Waals surface area contributed by atoms with Gasteiger partial charge in [0.05, 0.1) is 4.92 Å². The van der Waals surface area contributed by atoms with E-state index in [1.807, 2.05) is 19.9 Å². The van der Waals surface area contributed by atoms with E-state index in [9.17, 15) is 10.1 Å². The van der Waals surface area contributed by atoms with Crippen LogP contribution in [0.3, 0.4) is 0 Å². The average molecular weight is 203 g/mol. The molecule has 3 nitrogen and oxygen atoms in total. The van der Waals surface area contributed by atoms with Gasteiger partial charge in [0.2, 0.25) is 0 Å². The van der Waals surface area contributed by atoms with Gasteiger partial charge >= 0.3 is 0 Å². The summed E-state index contributed by atoms with van der Waals surface area (Å²) in [6, 6.07) is 6.39. The van der Waals surface area contributed by atoms with Gasteiger partial charge in [0.15, 0.2) is 0 Å². The van der Waals surface area contributed by atoms with E-state index in [2.05, 4.69) is 6.58 Å². The Morgan fingerprint density at radius 3 is 2.27 bits per heavy atom. The van der Waals surface area contributed by atoms with Gasteiger partial charge in [0, 0.05) is 12.1 Å². The normalized spacial score (nSPS) is 9.47. The predicted octanol–water partition coefficient (Wildman–Crippen LogP) is 3.57. The van der Waals surface area contributed by atoms with Crippen LogP contribution in [0.25, 0.3) is 5.57 Å². The molecule has 0 fully saturated rings. The molecule has 0 atom stereocenters. The Hall–Kier alpha value is -1.90. The molecule has 1 aromatic rings. The number of nitro benzene ring substituents is 1. The van der Waals surface area contributed by atoms with Crippen molar-refractivity contribution >= 4 is 11.3 Å². The van der Waals surface area contributed by atoms with Gasteiger partial charge in [-0.3, -0.25) is 10.1 Å². The van der Waals surface area contributed by atoms with Crippen molar-refractivity contribution < 1.29 is 4.92 Å². The molecule has 0 unspecified atom stereocenters. The maximum Gasteiger partial charge on any atom is 0.269 e. The zero-order valence-corrected chi connectivity index (χ0v) is 8.86. The Bertz CT molecular complexity index is 412. The molecule has 0 aliphatic heterocycles. The fourth-order valence-corrected chi connectivity index (χ4v) is 1.23. The van der Waals surface area contributed by atoms with Crippen molar-refractivity contribution in [2.45, 2.75) is 13.8 Å². The Morgan fingerprint density at radius 2 is 1.87 bits per heavy atom. The minimum Gasteiger partial charge on any atom is -0.258 e. The first-order valence-corrected chi connectivity index (χ1v) is 4.59. The summed E-state index contributed by atoms with van der Waals surface area (Å²) in [4.78, 5) is 10.0. The fraction of sp³-hybridized carbons (Fsp3) is 0.167. The van der Waals surface area contributed by atoms with Crippen molar-refractivity contribution in [1.82, 2.24) is 0 Å². The van der Waals surface area contributed by atoms with Gasteiger partial charge in [-0.25, -0.2) is 0 Å². The molecule has 1 aromatic carbocycles. The van der Waals surface area contributed by atoms with Gasteiger partial charge < -0.3 is 0 Å². The van der Waals surface area contributed by atoms with Crippen LogP contribution in [-0.4, -0.2) is 4.92 Å². The molecular weight excluding hydrogens is 190 g/mol. The fourth-order valence-electron chi connectivity index (χ4n) is 1.23. The summed E-state index contributed by atoms with van der Waals surface area (Å²) in [6.07, 6.45) is 1.95. The highest BCUT2D eigenvalue weighted by Gasteiger charge is 2.04. The van der Waals surface area contributed by atoms with E-state index in [1.165, 1.54) is 12.1 Å². The first-order chi connectivity index (χ1) is 7.00. The molecule has 3 heteroatoms. The van der Waals surface area contributed by atoms with E-state index in [0.29, 0.717) is 0 Å². The molecule has 0 saturated heterocycles. The van der Waals surface area contributed by atoms with Crippen LogP contribution >= 0.6 is 0 Å². The van der Waals surface area contributed by atoms with Crippen LogP contribution in [0.2, 0.25) is 0 Å². The number of hydrogen-bond acceptors (Lipinski definition) is 2. The number of allylic oxidation sites excluding steroid dienone is 3. The van der Waals surface area contributed by atoms with E-state index in [4.69, 9.17) is 0 Å². The molecule has 15 heavy (non-hydrogen) atoms. The maximum absolute atomic E-state index is 10.4. The van der Waals surface area contributed by atoms with Gasteiger partial charge in [-0.05, 0) is 37.1 Å². The number of benzene rings is 1. The van der Waals surface area contributed by atoms with Crippen LogP contribution in [0, 0.1) is 10.1 Å². The zero-order chi connectivity index (χ0) is 11.4. The smallest absolute Gasteiger partial charge is 0.258 e. The lowest BCUT2D eigenvalue weighted by Crippen LogP contribution is -1.88. The summed E-state index contributed by atoms with van der Waals surface area (Å²) in [7, 11) is 0. The quantitative estimate of drug-likeness (QED) is 0.428. The highest BCUT2D eigenvalue weighted by Crippen LogP contribution is 2.19. The highest BCUT2D eigenvalue weighted by molar-refractivity contribution is 5.73.